The lowest BCUT2D eigenvalue weighted by molar-refractivity contribution is -0.117. The van der Waals surface area contributed by atoms with Gasteiger partial charge in [-0.3, -0.25) is 14.5 Å². The largest absolute Gasteiger partial charge is 0.336 e. The van der Waals surface area contributed by atoms with Gasteiger partial charge in [0.05, 0.1) is 17.3 Å². The predicted molar refractivity (Wildman–Crippen MR) is 135 cm³/mol. The van der Waals surface area contributed by atoms with E-state index in [0.29, 0.717) is 31.6 Å². The molecule has 5 nitrogen and oxygen atoms in total. The quantitative estimate of drug-likeness (QED) is 0.523. The fourth-order valence-corrected chi connectivity index (χ4v) is 5.17. The molecule has 0 aromatic heterocycles. The van der Waals surface area contributed by atoms with Crippen LogP contribution in [0.25, 0.3) is 0 Å². The molecule has 34 heavy (non-hydrogen) atoms. The lowest BCUT2D eigenvalue weighted by atomic mass is 9.96. The molecule has 6 heteroatoms. The van der Waals surface area contributed by atoms with Crippen LogP contribution in [0.5, 0.6) is 0 Å². The summed E-state index contributed by atoms with van der Waals surface area (Å²) in [6, 6.07) is 26.1. The Morgan fingerprint density at radius 3 is 2.09 bits per heavy atom. The molecule has 2 heterocycles. The van der Waals surface area contributed by atoms with Crippen LogP contribution in [-0.4, -0.2) is 54.3 Å². The summed E-state index contributed by atoms with van der Waals surface area (Å²) in [4.78, 5) is 31.9. The Bertz CT molecular complexity index is 1160. The molecule has 1 atom stereocenters. The van der Waals surface area contributed by atoms with E-state index in [1.54, 1.807) is 4.90 Å². The first-order chi connectivity index (χ1) is 16.6. The van der Waals surface area contributed by atoms with Crippen molar-refractivity contribution in [2.75, 3.05) is 37.6 Å². The summed E-state index contributed by atoms with van der Waals surface area (Å²) in [7, 11) is 0. The van der Waals surface area contributed by atoms with Crippen LogP contribution in [0.2, 0.25) is 5.02 Å². The van der Waals surface area contributed by atoms with Crippen LogP contribution in [0.15, 0.2) is 78.9 Å². The summed E-state index contributed by atoms with van der Waals surface area (Å²) in [5.74, 6) is 0.0939. The number of nitrogens with zero attached hydrogens (tertiary/aromatic N) is 3. The highest BCUT2D eigenvalue weighted by atomic mass is 35.5. The predicted octanol–water partition coefficient (Wildman–Crippen LogP) is 5.01. The fourth-order valence-electron chi connectivity index (χ4n) is 5.04. The smallest absolute Gasteiger partial charge is 0.256 e. The van der Waals surface area contributed by atoms with Gasteiger partial charge in [0.25, 0.3) is 5.91 Å². The van der Waals surface area contributed by atoms with Gasteiger partial charge in [0.15, 0.2) is 0 Å². The Hall–Kier alpha value is -3.15. The van der Waals surface area contributed by atoms with Crippen LogP contribution in [-0.2, 0) is 4.79 Å². The van der Waals surface area contributed by atoms with E-state index in [0.717, 1.165) is 30.2 Å². The van der Waals surface area contributed by atoms with Gasteiger partial charge in [0.1, 0.15) is 0 Å². The van der Waals surface area contributed by atoms with Crippen molar-refractivity contribution in [1.82, 2.24) is 9.80 Å². The van der Waals surface area contributed by atoms with Crippen LogP contribution >= 0.6 is 11.6 Å². The molecule has 3 aromatic rings. The van der Waals surface area contributed by atoms with Crippen molar-refractivity contribution in [1.29, 1.82) is 0 Å². The molecule has 2 aliphatic rings. The number of halogens is 1. The second-order valence-electron chi connectivity index (χ2n) is 8.86. The van der Waals surface area contributed by atoms with Gasteiger partial charge in [-0.15, -0.1) is 0 Å². The molecular weight excluding hydrogens is 446 g/mol. The first-order valence-electron chi connectivity index (χ1n) is 11.8. The highest BCUT2D eigenvalue weighted by molar-refractivity contribution is 6.30. The van der Waals surface area contributed by atoms with Gasteiger partial charge in [-0.2, -0.15) is 0 Å². The molecule has 0 spiro atoms. The van der Waals surface area contributed by atoms with E-state index in [-0.39, 0.29) is 17.9 Å². The summed E-state index contributed by atoms with van der Waals surface area (Å²) < 4.78 is 0. The van der Waals surface area contributed by atoms with E-state index in [4.69, 9.17) is 11.6 Å². The zero-order valence-electron chi connectivity index (χ0n) is 19.1. The van der Waals surface area contributed by atoms with Gasteiger partial charge < -0.3 is 9.80 Å². The molecule has 174 valence electrons. The number of para-hydroxylation sites is 1. The van der Waals surface area contributed by atoms with E-state index in [9.17, 15) is 9.59 Å². The number of anilines is 1. The maximum atomic E-state index is 13.5. The highest BCUT2D eigenvalue weighted by Crippen LogP contribution is 2.31. The lowest BCUT2D eigenvalue weighted by Gasteiger charge is -2.40. The van der Waals surface area contributed by atoms with Crippen LogP contribution in [0.1, 0.15) is 40.4 Å². The van der Waals surface area contributed by atoms with E-state index in [1.807, 2.05) is 47.4 Å². The molecule has 0 N–H and O–H groups in total. The number of rotatable bonds is 5. The number of carbonyl (C=O) groups is 2. The number of amides is 2. The van der Waals surface area contributed by atoms with Gasteiger partial charge in [-0.25, -0.2) is 0 Å². The maximum Gasteiger partial charge on any atom is 0.256 e. The second-order valence-corrected chi connectivity index (χ2v) is 9.30. The number of hydrogen-bond donors (Lipinski definition) is 0. The van der Waals surface area contributed by atoms with Crippen molar-refractivity contribution in [2.45, 2.75) is 18.9 Å². The minimum Gasteiger partial charge on any atom is -0.336 e. The average Bonchev–Trinajstić information content (AvgIpc) is 3.31. The molecule has 0 radical (unpaired) electrons. The first kappa shape index (κ1) is 22.6. The van der Waals surface area contributed by atoms with Crippen LogP contribution in [0.3, 0.4) is 0 Å². The second kappa shape index (κ2) is 10.00. The van der Waals surface area contributed by atoms with Gasteiger partial charge in [0, 0.05) is 44.2 Å². The standard InChI is InChI=1S/C28H28ClN3O2/c29-23-14-12-22(13-15-23)27(21-7-2-1-3-8-21)30-17-19-31(20-18-30)28(34)24-9-4-5-10-25(24)32-16-6-11-26(32)33/h1-5,7-10,12-15,27H,6,11,16-20H2. The molecule has 1 unspecified atom stereocenters. The van der Waals surface area contributed by atoms with Crippen molar-refractivity contribution in [3.63, 3.8) is 0 Å². The van der Waals surface area contributed by atoms with Crippen LogP contribution in [0, 0.1) is 0 Å². The Kier molecular flexibility index (Phi) is 6.66. The van der Waals surface area contributed by atoms with Crippen molar-refractivity contribution in [2.24, 2.45) is 0 Å². The van der Waals surface area contributed by atoms with Crippen LogP contribution in [0.4, 0.5) is 5.69 Å². The van der Waals surface area contributed by atoms with E-state index >= 15 is 0 Å². The monoisotopic (exact) mass is 473 g/mol. The normalized spacial score (nSPS) is 17.7. The third-order valence-electron chi connectivity index (χ3n) is 6.77. The molecule has 0 aliphatic carbocycles. The van der Waals surface area contributed by atoms with Gasteiger partial charge in [-0.1, -0.05) is 66.2 Å². The minimum atomic E-state index is -0.00213. The highest BCUT2D eigenvalue weighted by Gasteiger charge is 2.31. The zero-order valence-corrected chi connectivity index (χ0v) is 19.8. The molecule has 2 fully saturated rings. The molecule has 3 aromatic carbocycles. The Labute approximate surface area is 205 Å². The summed E-state index contributed by atoms with van der Waals surface area (Å²) in [6.07, 6.45) is 1.39. The molecule has 0 bridgehead atoms. The van der Waals surface area contributed by atoms with E-state index in [1.165, 1.54) is 11.1 Å². The number of carbonyl (C=O) groups excluding carboxylic acids is 2. The van der Waals surface area contributed by atoms with E-state index in [2.05, 4.69) is 41.3 Å². The van der Waals surface area contributed by atoms with Crippen molar-refractivity contribution < 1.29 is 9.59 Å². The minimum absolute atomic E-state index is 0.00213. The van der Waals surface area contributed by atoms with Gasteiger partial charge in [-0.05, 0) is 41.8 Å². The Morgan fingerprint density at radius 1 is 0.765 bits per heavy atom. The lowest BCUT2D eigenvalue weighted by Crippen LogP contribution is -2.50. The third-order valence-corrected chi connectivity index (χ3v) is 7.02. The first-order valence-corrected chi connectivity index (χ1v) is 12.2. The zero-order chi connectivity index (χ0) is 23.5. The molecule has 0 saturated carbocycles. The van der Waals surface area contributed by atoms with Gasteiger partial charge >= 0.3 is 0 Å². The average molecular weight is 474 g/mol. The van der Waals surface area contributed by atoms with E-state index < -0.39 is 0 Å². The maximum absolute atomic E-state index is 13.5. The topological polar surface area (TPSA) is 43.9 Å². The summed E-state index contributed by atoms with van der Waals surface area (Å²) in [5.41, 5.74) is 3.76. The third kappa shape index (κ3) is 4.59. The SMILES string of the molecule is O=C(c1ccccc1N1CCCC1=O)N1CCN(C(c2ccccc2)c2ccc(Cl)cc2)CC1. The number of hydrogen-bond acceptors (Lipinski definition) is 3. The Balaban J connectivity index is 1.34. The molecule has 2 amide bonds. The molecule has 5 rings (SSSR count). The summed E-state index contributed by atoms with van der Waals surface area (Å²) in [6.45, 7) is 3.48. The number of piperazine rings is 1. The fraction of sp³-hybridized carbons (Fsp3) is 0.286. The Morgan fingerprint density at radius 2 is 1.41 bits per heavy atom. The van der Waals surface area contributed by atoms with Crippen molar-refractivity contribution in [3.8, 4) is 0 Å². The molecular formula is C28H28ClN3O2. The van der Waals surface area contributed by atoms with Gasteiger partial charge in [0.2, 0.25) is 5.91 Å². The van der Waals surface area contributed by atoms with Crippen LogP contribution < -0.4 is 4.90 Å². The summed E-state index contributed by atoms with van der Waals surface area (Å²) >= 11 is 6.15. The van der Waals surface area contributed by atoms with Crippen molar-refractivity contribution in [3.05, 3.63) is 101 Å². The molecule has 2 saturated heterocycles. The van der Waals surface area contributed by atoms with Crippen molar-refractivity contribution >= 4 is 29.1 Å². The number of benzene rings is 3. The molecule has 2 aliphatic heterocycles. The summed E-state index contributed by atoms with van der Waals surface area (Å²) in [5, 5.41) is 0.723.